The second-order valence-electron chi connectivity index (χ2n) is 4.91. The van der Waals surface area contributed by atoms with Crippen molar-refractivity contribution in [2.75, 3.05) is 0 Å². The van der Waals surface area contributed by atoms with Crippen LogP contribution in [0.3, 0.4) is 0 Å². The molecule has 0 saturated carbocycles. The fourth-order valence-corrected chi connectivity index (χ4v) is 3.25. The minimum absolute atomic E-state index is 0.00986. The molecule has 2 aromatic heterocycles. The van der Waals surface area contributed by atoms with E-state index in [2.05, 4.69) is 4.98 Å². The SMILES string of the molecule is N#Cc1ccc2[nH]c(C(F)(F)F)c(-c3ccsc3C(F)(F)F)c2c1. The van der Waals surface area contributed by atoms with Crippen LogP contribution in [-0.2, 0) is 12.4 Å². The molecule has 124 valence electrons. The lowest BCUT2D eigenvalue weighted by atomic mass is 10.0. The molecule has 0 amide bonds. The van der Waals surface area contributed by atoms with Crippen molar-refractivity contribution in [3.63, 3.8) is 0 Å². The summed E-state index contributed by atoms with van der Waals surface area (Å²) in [7, 11) is 0. The lowest BCUT2D eigenvalue weighted by molar-refractivity contribution is -0.140. The minimum Gasteiger partial charge on any atom is -0.350 e. The first-order valence-electron chi connectivity index (χ1n) is 6.41. The van der Waals surface area contributed by atoms with Crippen molar-refractivity contribution in [1.29, 1.82) is 5.26 Å². The van der Waals surface area contributed by atoms with Gasteiger partial charge in [-0.3, -0.25) is 0 Å². The van der Waals surface area contributed by atoms with Gasteiger partial charge in [0.05, 0.1) is 11.6 Å². The van der Waals surface area contributed by atoms with E-state index < -0.39 is 34.1 Å². The second kappa shape index (κ2) is 5.27. The highest BCUT2D eigenvalue weighted by atomic mass is 32.1. The standard InChI is InChI=1S/C15H6F6N2S/c16-14(17,18)12-11(8-3-4-24-13(8)15(19,20)21)9-5-7(6-22)1-2-10(9)23-12/h1-5,23H. The Bertz CT molecular complexity index is 955. The first-order valence-corrected chi connectivity index (χ1v) is 7.29. The van der Waals surface area contributed by atoms with E-state index in [0.29, 0.717) is 11.3 Å². The number of H-pyrrole nitrogens is 1. The van der Waals surface area contributed by atoms with Gasteiger partial charge in [-0.1, -0.05) is 0 Å². The molecule has 0 aliphatic rings. The Morgan fingerprint density at radius 1 is 1.00 bits per heavy atom. The Morgan fingerprint density at radius 3 is 2.29 bits per heavy atom. The van der Waals surface area contributed by atoms with Crippen LogP contribution < -0.4 is 0 Å². The summed E-state index contributed by atoms with van der Waals surface area (Å²) in [5, 5.41) is 9.92. The summed E-state index contributed by atoms with van der Waals surface area (Å²) in [6, 6.07) is 6.46. The molecule has 0 aliphatic carbocycles. The highest BCUT2D eigenvalue weighted by Gasteiger charge is 2.41. The van der Waals surface area contributed by atoms with Crippen molar-refractivity contribution in [3.05, 3.63) is 45.8 Å². The third-order valence-corrected chi connectivity index (χ3v) is 4.36. The molecule has 0 spiro atoms. The predicted octanol–water partition coefficient (Wildman–Crippen LogP) is 5.81. The molecule has 0 atom stereocenters. The number of nitrogens with zero attached hydrogens (tertiary/aromatic N) is 1. The molecular weight excluding hydrogens is 354 g/mol. The molecule has 3 aromatic rings. The molecule has 2 nitrogen and oxygen atoms in total. The third kappa shape index (κ3) is 2.63. The molecule has 1 N–H and O–H groups in total. The fraction of sp³-hybridized carbons (Fsp3) is 0.133. The Morgan fingerprint density at radius 2 is 1.71 bits per heavy atom. The van der Waals surface area contributed by atoms with E-state index in [1.165, 1.54) is 12.1 Å². The zero-order chi connectivity index (χ0) is 17.7. The topological polar surface area (TPSA) is 39.6 Å². The number of alkyl halides is 6. The van der Waals surface area contributed by atoms with Gasteiger partial charge in [0.15, 0.2) is 0 Å². The van der Waals surface area contributed by atoms with Gasteiger partial charge in [0.1, 0.15) is 10.6 Å². The molecule has 0 unspecified atom stereocenters. The van der Waals surface area contributed by atoms with Gasteiger partial charge in [0.2, 0.25) is 0 Å². The maximum atomic E-state index is 13.3. The van der Waals surface area contributed by atoms with E-state index in [1.807, 2.05) is 0 Å². The Labute approximate surface area is 135 Å². The molecule has 2 heterocycles. The smallest absolute Gasteiger partial charge is 0.350 e. The zero-order valence-electron chi connectivity index (χ0n) is 11.5. The van der Waals surface area contributed by atoms with Crippen LogP contribution in [0.25, 0.3) is 22.0 Å². The van der Waals surface area contributed by atoms with Crippen LogP contribution in [0.2, 0.25) is 0 Å². The second-order valence-corrected chi connectivity index (χ2v) is 5.82. The number of nitrogens with one attached hydrogen (secondary N) is 1. The van der Waals surface area contributed by atoms with Crippen molar-refractivity contribution in [2.24, 2.45) is 0 Å². The van der Waals surface area contributed by atoms with Gasteiger partial charge in [-0.2, -0.15) is 31.6 Å². The van der Waals surface area contributed by atoms with E-state index in [0.717, 1.165) is 17.5 Å². The zero-order valence-corrected chi connectivity index (χ0v) is 12.3. The molecule has 0 bridgehead atoms. The van der Waals surface area contributed by atoms with Gasteiger partial charge >= 0.3 is 12.4 Å². The average molecular weight is 360 g/mol. The number of hydrogen-bond donors (Lipinski definition) is 1. The number of fused-ring (bicyclic) bond motifs is 1. The summed E-state index contributed by atoms with van der Waals surface area (Å²) in [6.45, 7) is 0. The number of benzene rings is 1. The van der Waals surface area contributed by atoms with Crippen LogP contribution in [0.1, 0.15) is 16.1 Å². The fourth-order valence-electron chi connectivity index (χ4n) is 2.48. The first kappa shape index (κ1) is 16.4. The van der Waals surface area contributed by atoms with Crippen LogP contribution in [0.4, 0.5) is 26.3 Å². The van der Waals surface area contributed by atoms with Crippen molar-refractivity contribution < 1.29 is 26.3 Å². The summed E-state index contributed by atoms with van der Waals surface area (Å²) in [4.78, 5) is 1.01. The van der Waals surface area contributed by atoms with Crippen molar-refractivity contribution >= 4 is 22.2 Å². The lowest BCUT2D eigenvalue weighted by Crippen LogP contribution is -2.09. The summed E-state index contributed by atoms with van der Waals surface area (Å²) >= 11 is 0.321. The normalized spacial score (nSPS) is 12.5. The van der Waals surface area contributed by atoms with E-state index in [1.54, 1.807) is 6.07 Å². The maximum Gasteiger partial charge on any atom is 0.431 e. The first-order chi connectivity index (χ1) is 11.1. The van der Waals surface area contributed by atoms with Gasteiger partial charge < -0.3 is 4.98 Å². The largest absolute Gasteiger partial charge is 0.431 e. The Hall–Kier alpha value is -2.47. The molecule has 9 heteroatoms. The quantitative estimate of drug-likeness (QED) is 0.547. The molecule has 24 heavy (non-hydrogen) atoms. The summed E-state index contributed by atoms with van der Waals surface area (Å²) in [6.07, 6.45) is -9.64. The van der Waals surface area contributed by atoms with E-state index in [4.69, 9.17) is 5.26 Å². The third-order valence-electron chi connectivity index (χ3n) is 3.40. The number of aromatic nitrogens is 1. The highest BCUT2D eigenvalue weighted by molar-refractivity contribution is 7.10. The number of aromatic amines is 1. The number of rotatable bonds is 1. The molecule has 1 aromatic carbocycles. The monoisotopic (exact) mass is 360 g/mol. The molecule has 0 aliphatic heterocycles. The van der Waals surface area contributed by atoms with Crippen LogP contribution in [-0.4, -0.2) is 4.98 Å². The van der Waals surface area contributed by atoms with Crippen molar-refractivity contribution in [3.8, 4) is 17.2 Å². The number of hydrogen-bond acceptors (Lipinski definition) is 2. The van der Waals surface area contributed by atoms with Gasteiger partial charge in [-0.15, -0.1) is 11.3 Å². The van der Waals surface area contributed by atoms with E-state index >= 15 is 0 Å². The predicted molar refractivity (Wildman–Crippen MR) is 76.3 cm³/mol. The maximum absolute atomic E-state index is 13.3. The molecule has 0 fully saturated rings. The molecular formula is C15H6F6N2S. The number of halogens is 6. The van der Waals surface area contributed by atoms with Gasteiger partial charge in [-0.05, 0) is 29.6 Å². The summed E-state index contributed by atoms with van der Waals surface area (Å²) < 4.78 is 79.3. The average Bonchev–Trinajstić information content (AvgIpc) is 3.08. The number of thiophene rings is 1. The molecule has 0 radical (unpaired) electrons. The van der Waals surface area contributed by atoms with Gasteiger partial charge in [0, 0.05) is 22.0 Å². The lowest BCUT2D eigenvalue weighted by Gasteiger charge is -2.11. The Kier molecular flexibility index (Phi) is 3.60. The van der Waals surface area contributed by atoms with E-state index in [-0.39, 0.29) is 16.5 Å². The van der Waals surface area contributed by atoms with Crippen molar-refractivity contribution in [1.82, 2.24) is 4.98 Å². The Balaban J connectivity index is 2.42. The van der Waals surface area contributed by atoms with Crippen molar-refractivity contribution in [2.45, 2.75) is 12.4 Å². The van der Waals surface area contributed by atoms with E-state index in [9.17, 15) is 26.3 Å². The summed E-state index contributed by atoms with van der Waals surface area (Å²) in [5.41, 5.74) is -2.35. The summed E-state index contributed by atoms with van der Waals surface area (Å²) in [5.74, 6) is 0. The number of nitriles is 1. The molecule has 0 saturated heterocycles. The van der Waals surface area contributed by atoms with Gasteiger partial charge in [-0.25, -0.2) is 0 Å². The minimum atomic E-state index is -4.87. The van der Waals surface area contributed by atoms with Gasteiger partial charge in [0.25, 0.3) is 0 Å². The van der Waals surface area contributed by atoms with Crippen LogP contribution in [0.5, 0.6) is 0 Å². The highest BCUT2D eigenvalue weighted by Crippen LogP contribution is 2.47. The van der Waals surface area contributed by atoms with Crippen LogP contribution in [0, 0.1) is 11.3 Å². The molecule has 3 rings (SSSR count). The van der Waals surface area contributed by atoms with Crippen LogP contribution >= 0.6 is 11.3 Å². The van der Waals surface area contributed by atoms with Crippen LogP contribution in [0.15, 0.2) is 29.6 Å².